The van der Waals surface area contributed by atoms with E-state index in [4.69, 9.17) is 14.2 Å². The standard InChI is InChI=1S/C21H26N2O7S2/c1-28-17-5-9-19(10-6-17)31(24,25)22-14-4-3-13-21(22)23(15-16-30-21)32(26,27)20-11-7-18(29-2)8-12-20/h5-12H,3-4,13-16H2,1-2H3. The second-order valence-electron chi connectivity index (χ2n) is 7.55. The van der Waals surface area contributed by atoms with Gasteiger partial charge in [0.25, 0.3) is 0 Å². The summed E-state index contributed by atoms with van der Waals surface area (Å²) in [7, 11) is -5.08. The van der Waals surface area contributed by atoms with Crippen LogP contribution in [0.4, 0.5) is 0 Å². The zero-order valence-electron chi connectivity index (χ0n) is 17.9. The summed E-state index contributed by atoms with van der Waals surface area (Å²) < 4.78 is 72.9. The molecular weight excluding hydrogens is 456 g/mol. The Balaban J connectivity index is 1.76. The minimum Gasteiger partial charge on any atom is -0.497 e. The van der Waals surface area contributed by atoms with Crippen LogP contribution >= 0.6 is 0 Å². The van der Waals surface area contributed by atoms with Crippen molar-refractivity contribution < 1.29 is 31.0 Å². The van der Waals surface area contributed by atoms with E-state index >= 15 is 0 Å². The first-order valence-corrected chi connectivity index (χ1v) is 13.1. The van der Waals surface area contributed by atoms with Gasteiger partial charge in [0, 0.05) is 19.5 Å². The van der Waals surface area contributed by atoms with Crippen molar-refractivity contribution in [2.24, 2.45) is 0 Å². The Kier molecular flexibility index (Phi) is 6.21. The molecule has 2 aromatic rings. The lowest BCUT2D eigenvalue weighted by atomic mass is 10.1. The molecule has 0 N–H and O–H groups in total. The predicted molar refractivity (Wildman–Crippen MR) is 116 cm³/mol. The second kappa shape index (κ2) is 8.64. The molecule has 2 fully saturated rings. The highest BCUT2D eigenvalue weighted by Gasteiger charge is 2.57. The molecule has 32 heavy (non-hydrogen) atoms. The van der Waals surface area contributed by atoms with Gasteiger partial charge in [0.05, 0.1) is 30.6 Å². The maximum atomic E-state index is 13.6. The average molecular weight is 483 g/mol. The molecule has 0 aromatic heterocycles. The Morgan fingerprint density at radius 1 is 0.750 bits per heavy atom. The molecule has 0 radical (unpaired) electrons. The molecular formula is C21H26N2O7S2. The molecule has 1 spiro atoms. The number of ether oxygens (including phenoxy) is 3. The highest BCUT2D eigenvalue weighted by atomic mass is 32.2. The summed E-state index contributed by atoms with van der Waals surface area (Å²) >= 11 is 0. The third-order valence-electron chi connectivity index (χ3n) is 5.82. The first-order chi connectivity index (χ1) is 15.3. The lowest BCUT2D eigenvalue weighted by Crippen LogP contribution is -2.63. The number of hydrogen-bond donors (Lipinski definition) is 0. The number of benzene rings is 2. The van der Waals surface area contributed by atoms with Crippen molar-refractivity contribution in [3.05, 3.63) is 48.5 Å². The van der Waals surface area contributed by atoms with Crippen LogP contribution in [-0.4, -0.2) is 65.2 Å². The van der Waals surface area contributed by atoms with E-state index in [9.17, 15) is 16.8 Å². The van der Waals surface area contributed by atoms with Gasteiger partial charge in [0.1, 0.15) is 11.5 Å². The lowest BCUT2D eigenvalue weighted by Gasteiger charge is -2.46. The normalized spacial score (nSPS) is 22.8. The largest absolute Gasteiger partial charge is 0.497 e. The molecule has 0 bridgehead atoms. The Morgan fingerprint density at radius 3 is 1.69 bits per heavy atom. The van der Waals surface area contributed by atoms with Crippen molar-refractivity contribution in [2.75, 3.05) is 33.9 Å². The summed E-state index contributed by atoms with van der Waals surface area (Å²) in [4.78, 5) is 0.104. The van der Waals surface area contributed by atoms with Crippen LogP contribution in [0.15, 0.2) is 58.3 Å². The van der Waals surface area contributed by atoms with Crippen LogP contribution in [0.1, 0.15) is 19.3 Å². The average Bonchev–Trinajstić information content (AvgIpc) is 3.23. The van der Waals surface area contributed by atoms with Gasteiger partial charge in [-0.1, -0.05) is 0 Å². The van der Waals surface area contributed by atoms with Crippen LogP contribution in [0.5, 0.6) is 11.5 Å². The Bertz CT molecular complexity index is 1170. The summed E-state index contributed by atoms with van der Waals surface area (Å²) in [5.74, 6) is -0.550. The van der Waals surface area contributed by atoms with Crippen LogP contribution in [0, 0.1) is 0 Å². The summed E-state index contributed by atoms with van der Waals surface area (Å²) in [6, 6.07) is 12.0. The summed E-state index contributed by atoms with van der Waals surface area (Å²) in [6.07, 6.45) is 1.50. The monoisotopic (exact) mass is 482 g/mol. The third kappa shape index (κ3) is 3.77. The molecule has 0 saturated carbocycles. The minimum absolute atomic E-state index is 0.0514. The van der Waals surface area contributed by atoms with Gasteiger partial charge in [-0.15, -0.1) is 0 Å². The fraction of sp³-hybridized carbons (Fsp3) is 0.429. The van der Waals surface area contributed by atoms with Gasteiger partial charge in [0.15, 0.2) is 0 Å². The number of rotatable bonds is 6. The van der Waals surface area contributed by atoms with Gasteiger partial charge in [-0.25, -0.2) is 16.8 Å². The first-order valence-electron chi connectivity index (χ1n) is 10.2. The van der Waals surface area contributed by atoms with Gasteiger partial charge in [-0.2, -0.15) is 8.61 Å². The van der Waals surface area contributed by atoms with E-state index in [1.54, 1.807) is 24.3 Å². The van der Waals surface area contributed by atoms with E-state index in [-0.39, 0.29) is 35.9 Å². The second-order valence-corrected chi connectivity index (χ2v) is 11.3. The Morgan fingerprint density at radius 2 is 1.22 bits per heavy atom. The highest BCUT2D eigenvalue weighted by Crippen LogP contribution is 2.43. The topological polar surface area (TPSA) is 102 Å². The number of nitrogens with zero attached hydrogens (tertiary/aromatic N) is 2. The number of sulfonamides is 2. The smallest absolute Gasteiger partial charge is 0.246 e. The summed E-state index contributed by atoms with van der Waals surface area (Å²) in [5.41, 5.74) is 0. The van der Waals surface area contributed by atoms with E-state index in [0.717, 1.165) is 0 Å². The summed E-state index contributed by atoms with van der Waals surface area (Å²) in [5, 5.41) is 0. The fourth-order valence-electron chi connectivity index (χ4n) is 4.21. The van der Waals surface area contributed by atoms with Crippen molar-refractivity contribution in [2.45, 2.75) is 34.9 Å². The Labute approximate surface area is 188 Å². The maximum Gasteiger partial charge on any atom is 0.246 e. The van der Waals surface area contributed by atoms with Crippen LogP contribution in [0.2, 0.25) is 0 Å². The first kappa shape index (κ1) is 23.0. The van der Waals surface area contributed by atoms with Gasteiger partial charge in [-0.05, 0) is 61.4 Å². The maximum absolute atomic E-state index is 13.6. The van der Waals surface area contributed by atoms with Crippen LogP contribution in [0.25, 0.3) is 0 Å². The van der Waals surface area contributed by atoms with Crippen LogP contribution in [-0.2, 0) is 24.8 Å². The number of methoxy groups -OCH3 is 2. The van der Waals surface area contributed by atoms with Crippen molar-refractivity contribution in [1.82, 2.24) is 8.61 Å². The van der Waals surface area contributed by atoms with Gasteiger partial charge < -0.3 is 14.2 Å². The van der Waals surface area contributed by atoms with E-state index < -0.39 is 25.9 Å². The molecule has 9 nitrogen and oxygen atoms in total. The van der Waals surface area contributed by atoms with E-state index in [1.807, 2.05) is 0 Å². The van der Waals surface area contributed by atoms with E-state index in [2.05, 4.69) is 0 Å². The SMILES string of the molecule is COc1ccc(S(=O)(=O)N2CCCCC23OCCN3S(=O)(=O)c2ccc(OC)cc2)cc1. The van der Waals surface area contributed by atoms with Crippen LogP contribution in [0.3, 0.4) is 0 Å². The molecule has 2 heterocycles. The molecule has 174 valence electrons. The summed E-state index contributed by atoms with van der Waals surface area (Å²) in [6.45, 7) is 0.315. The molecule has 1 atom stereocenters. The van der Waals surface area contributed by atoms with Crippen LogP contribution < -0.4 is 9.47 Å². The predicted octanol–water partition coefficient (Wildman–Crippen LogP) is 2.25. The molecule has 2 saturated heterocycles. The molecule has 2 aromatic carbocycles. The molecule has 2 aliphatic rings. The van der Waals surface area contributed by atoms with Crippen molar-refractivity contribution >= 4 is 20.0 Å². The fourth-order valence-corrected chi connectivity index (χ4v) is 7.65. The van der Waals surface area contributed by atoms with Gasteiger partial charge in [-0.3, -0.25) is 0 Å². The minimum atomic E-state index is -4.04. The Hall–Kier alpha value is -2.18. The molecule has 11 heteroatoms. The van der Waals surface area contributed by atoms with Crippen molar-refractivity contribution in [1.29, 1.82) is 0 Å². The molecule has 0 amide bonds. The lowest BCUT2D eigenvalue weighted by molar-refractivity contribution is -0.151. The highest BCUT2D eigenvalue weighted by molar-refractivity contribution is 7.90. The quantitative estimate of drug-likeness (QED) is 0.622. The van der Waals surface area contributed by atoms with E-state index in [0.29, 0.717) is 24.3 Å². The van der Waals surface area contributed by atoms with Gasteiger partial charge in [0.2, 0.25) is 25.9 Å². The zero-order valence-corrected chi connectivity index (χ0v) is 19.6. The molecule has 1 unspecified atom stereocenters. The van der Waals surface area contributed by atoms with Crippen molar-refractivity contribution in [3.63, 3.8) is 0 Å². The molecule has 4 rings (SSSR count). The van der Waals surface area contributed by atoms with E-state index in [1.165, 1.54) is 47.1 Å². The molecule has 2 aliphatic heterocycles. The zero-order chi connectivity index (χ0) is 23.0. The molecule has 0 aliphatic carbocycles. The third-order valence-corrected chi connectivity index (χ3v) is 9.65. The van der Waals surface area contributed by atoms with Crippen molar-refractivity contribution in [3.8, 4) is 11.5 Å². The number of piperidine rings is 1. The number of hydrogen-bond acceptors (Lipinski definition) is 7. The van der Waals surface area contributed by atoms with Gasteiger partial charge >= 0.3 is 0 Å².